The Hall–Kier alpha value is -0.490. The van der Waals surface area contributed by atoms with Gasteiger partial charge >= 0.3 is 6.09 Å². The molecule has 1 saturated heterocycles. The number of piperidine rings is 1. The molecule has 1 amide bonds. The molecule has 2 aliphatic rings. The third kappa shape index (κ3) is 1.99. The summed E-state index contributed by atoms with van der Waals surface area (Å²) in [6.45, 7) is 1.08. The Kier molecular flexibility index (Phi) is 3.40. The fourth-order valence-electron chi connectivity index (χ4n) is 2.52. The van der Waals surface area contributed by atoms with E-state index in [4.69, 9.17) is 16.3 Å². The molecule has 3 rings (SSSR count). The number of ether oxygens (including phenoxy) is 1. The number of carbonyl (C=O) groups excluding carboxylic acids is 1. The predicted molar refractivity (Wildman–Crippen MR) is 78.1 cm³/mol. The maximum atomic E-state index is 11.9. The first-order valence-electron chi connectivity index (χ1n) is 5.94. The first-order valence-corrected chi connectivity index (χ1v) is 7.62. The molecule has 1 aromatic rings. The molecule has 1 aliphatic heterocycles. The van der Waals surface area contributed by atoms with Gasteiger partial charge in [-0.3, -0.25) is 0 Å². The number of halogens is 2. The minimum Gasteiger partial charge on any atom is -0.445 e. The first-order chi connectivity index (χ1) is 8.68. The molecule has 3 nitrogen and oxygen atoms in total. The van der Waals surface area contributed by atoms with Gasteiger partial charge in [0.1, 0.15) is 6.61 Å². The van der Waals surface area contributed by atoms with Crippen molar-refractivity contribution in [1.29, 1.82) is 0 Å². The van der Waals surface area contributed by atoms with Gasteiger partial charge in [0.05, 0.1) is 11.4 Å². The van der Waals surface area contributed by atoms with Gasteiger partial charge in [-0.1, -0.05) is 52.9 Å². The molecule has 1 heterocycles. The Morgan fingerprint density at radius 1 is 1.44 bits per heavy atom. The summed E-state index contributed by atoms with van der Waals surface area (Å²) in [5.74, 6) is 0.470. The van der Waals surface area contributed by atoms with Crippen molar-refractivity contribution in [2.75, 3.05) is 6.54 Å². The number of nitrogens with zero attached hydrogens (tertiary/aromatic N) is 1. The molecule has 0 bridgehead atoms. The maximum Gasteiger partial charge on any atom is 0.410 e. The van der Waals surface area contributed by atoms with Crippen LogP contribution in [0.25, 0.3) is 0 Å². The van der Waals surface area contributed by atoms with Gasteiger partial charge in [0.2, 0.25) is 0 Å². The summed E-state index contributed by atoms with van der Waals surface area (Å²) in [5.41, 5.74) is 1.01. The van der Waals surface area contributed by atoms with E-state index in [9.17, 15) is 4.79 Å². The molecule has 0 spiro atoms. The molecule has 0 N–H and O–H groups in total. The van der Waals surface area contributed by atoms with E-state index in [1.807, 2.05) is 30.3 Å². The van der Waals surface area contributed by atoms with Crippen molar-refractivity contribution in [2.45, 2.75) is 22.0 Å². The number of carbonyl (C=O) groups is 1. The van der Waals surface area contributed by atoms with Gasteiger partial charge < -0.3 is 9.64 Å². The van der Waals surface area contributed by atoms with Crippen molar-refractivity contribution >= 4 is 40.3 Å². The summed E-state index contributed by atoms with van der Waals surface area (Å²) >= 11 is 8.47. The van der Waals surface area contributed by atoms with Crippen LogP contribution in [0.2, 0.25) is 0 Å². The van der Waals surface area contributed by atoms with Crippen LogP contribution in [0.15, 0.2) is 30.3 Å². The molecule has 1 aliphatic carbocycles. The number of amides is 1. The lowest BCUT2D eigenvalue weighted by Crippen LogP contribution is -2.75. The van der Waals surface area contributed by atoms with Crippen LogP contribution in [0.3, 0.4) is 0 Å². The van der Waals surface area contributed by atoms with Crippen molar-refractivity contribution in [1.82, 2.24) is 4.90 Å². The molecule has 4 atom stereocenters. The zero-order valence-corrected chi connectivity index (χ0v) is 12.5. The van der Waals surface area contributed by atoms with Gasteiger partial charge in [0.25, 0.3) is 0 Å². The Bertz CT molecular complexity index is 450. The van der Waals surface area contributed by atoms with Crippen molar-refractivity contribution in [3.63, 3.8) is 0 Å². The number of likely N-dealkylation sites (tertiary alicyclic amines) is 1. The Balaban J connectivity index is 1.52. The standard InChI is InChI=1S/C13H13ClINO2/c14-10-9-6-16(12(9)11(10)15)13(17)18-7-8-4-2-1-3-5-8/h1-5,9-12H,6-7H2/t9-,10+,11?,12-/m1/s1. The number of benzene rings is 1. The Labute approximate surface area is 125 Å². The van der Waals surface area contributed by atoms with Crippen molar-refractivity contribution in [3.8, 4) is 0 Å². The zero-order chi connectivity index (χ0) is 12.7. The quantitative estimate of drug-likeness (QED) is 0.586. The summed E-state index contributed by atoms with van der Waals surface area (Å²) in [7, 11) is 0. The van der Waals surface area contributed by atoms with Crippen LogP contribution in [0.4, 0.5) is 4.79 Å². The van der Waals surface area contributed by atoms with Crippen LogP contribution < -0.4 is 0 Å². The highest BCUT2D eigenvalue weighted by molar-refractivity contribution is 14.1. The summed E-state index contributed by atoms with van der Waals surface area (Å²) in [6, 6.07) is 10.0. The average Bonchev–Trinajstić information content (AvgIpc) is 2.36. The molecule has 5 heteroatoms. The summed E-state index contributed by atoms with van der Waals surface area (Å²) in [4.78, 5) is 13.7. The number of rotatable bonds is 2. The van der Waals surface area contributed by atoms with Crippen molar-refractivity contribution < 1.29 is 9.53 Å². The van der Waals surface area contributed by atoms with Crippen LogP contribution in [-0.2, 0) is 11.3 Å². The van der Waals surface area contributed by atoms with E-state index in [0.717, 1.165) is 12.1 Å². The van der Waals surface area contributed by atoms with Crippen LogP contribution in [0, 0.1) is 5.92 Å². The van der Waals surface area contributed by atoms with Crippen LogP contribution in [0.1, 0.15) is 5.56 Å². The van der Waals surface area contributed by atoms with E-state index in [1.165, 1.54) is 0 Å². The molecule has 0 radical (unpaired) electrons. The topological polar surface area (TPSA) is 29.5 Å². The molecular weight excluding hydrogens is 365 g/mol. The van der Waals surface area contributed by atoms with Crippen molar-refractivity contribution in [3.05, 3.63) is 35.9 Å². The second kappa shape index (κ2) is 4.89. The van der Waals surface area contributed by atoms with E-state index in [0.29, 0.717) is 16.4 Å². The largest absolute Gasteiger partial charge is 0.445 e. The average molecular weight is 378 g/mol. The van der Waals surface area contributed by atoms with Gasteiger partial charge in [0, 0.05) is 16.4 Å². The van der Waals surface area contributed by atoms with Gasteiger partial charge in [-0.2, -0.15) is 0 Å². The molecule has 96 valence electrons. The van der Waals surface area contributed by atoms with E-state index in [1.54, 1.807) is 4.90 Å². The monoisotopic (exact) mass is 377 g/mol. The predicted octanol–water partition coefficient (Wildman–Crippen LogP) is 3.05. The second-order valence-electron chi connectivity index (χ2n) is 4.74. The summed E-state index contributed by atoms with van der Waals surface area (Å²) < 4.78 is 5.66. The Morgan fingerprint density at radius 3 is 2.83 bits per heavy atom. The normalized spacial score (nSPS) is 33.1. The van der Waals surface area contributed by atoms with Crippen LogP contribution in [-0.4, -0.2) is 32.9 Å². The van der Waals surface area contributed by atoms with E-state index < -0.39 is 0 Å². The molecule has 0 aromatic heterocycles. The molecule has 2 fully saturated rings. The molecular formula is C13H13ClINO2. The SMILES string of the molecule is O=C(OCc1ccccc1)N1C[C@@H]2[C@H](Cl)C(I)[C@@H]21. The minimum atomic E-state index is -0.217. The highest BCUT2D eigenvalue weighted by Crippen LogP contribution is 2.49. The third-order valence-corrected chi connectivity index (χ3v) is 6.22. The highest BCUT2D eigenvalue weighted by atomic mass is 127. The second-order valence-corrected chi connectivity index (χ2v) is 6.68. The number of hydrogen-bond acceptors (Lipinski definition) is 2. The van der Waals surface area contributed by atoms with E-state index in [2.05, 4.69) is 22.6 Å². The summed E-state index contributed by atoms with van der Waals surface area (Å²) in [6.07, 6.45) is -0.217. The van der Waals surface area contributed by atoms with Crippen LogP contribution in [0.5, 0.6) is 0 Å². The van der Waals surface area contributed by atoms with E-state index >= 15 is 0 Å². The van der Waals surface area contributed by atoms with Crippen LogP contribution >= 0.6 is 34.2 Å². The van der Waals surface area contributed by atoms with Gasteiger partial charge in [-0.05, 0) is 5.56 Å². The number of hydrogen-bond donors (Lipinski definition) is 0. The lowest BCUT2D eigenvalue weighted by Gasteiger charge is -2.60. The number of alkyl halides is 2. The fraction of sp³-hybridized carbons (Fsp3) is 0.462. The lowest BCUT2D eigenvalue weighted by atomic mass is 9.71. The third-order valence-electron chi connectivity index (χ3n) is 3.69. The molecule has 1 aromatic carbocycles. The zero-order valence-electron chi connectivity index (χ0n) is 9.63. The summed E-state index contributed by atoms with van der Waals surface area (Å²) in [5, 5.41) is 0.216. The van der Waals surface area contributed by atoms with Gasteiger partial charge in [-0.25, -0.2) is 4.79 Å². The fourth-order valence-corrected chi connectivity index (χ4v) is 4.36. The Morgan fingerprint density at radius 2 is 2.17 bits per heavy atom. The maximum absolute atomic E-state index is 11.9. The highest BCUT2D eigenvalue weighted by Gasteiger charge is 2.60. The smallest absolute Gasteiger partial charge is 0.410 e. The van der Waals surface area contributed by atoms with E-state index in [-0.39, 0.29) is 17.5 Å². The minimum absolute atomic E-state index is 0.216. The molecule has 1 saturated carbocycles. The molecule has 18 heavy (non-hydrogen) atoms. The lowest BCUT2D eigenvalue weighted by molar-refractivity contribution is -0.0385. The first kappa shape index (κ1) is 12.5. The van der Waals surface area contributed by atoms with Gasteiger partial charge in [0.15, 0.2) is 0 Å². The van der Waals surface area contributed by atoms with Crippen molar-refractivity contribution in [2.24, 2.45) is 5.92 Å². The number of fused-ring (bicyclic) bond motifs is 1. The molecule has 1 unspecified atom stereocenters. The van der Waals surface area contributed by atoms with Gasteiger partial charge in [-0.15, -0.1) is 11.6 Å².